The van der Waals surface area contributed by atoms with Gasteiger partial charge in [0.2, 0.25) is 0 Å². The van der Waals surface area contributed by atoms with Crippen LogP contribution in [-0.4, -0.2) is 23.0 Å². The number of nitrogens with zero attached hydrogens (tertiary/aromatic N) is 2. The minimum absolute atomic E-state index is 0.0371. The van der Waals surface area contributed by atoms with Crippen molar-refractivity contribution in [3.8, 4) is 0 Å². The number of alkyl halides is 3. The molecule has 0 spiro atoms. The predicted molar refractivity (Wildman–Crippen MR) is 59.6 cm³/mol. The van der Waals surface area contributed by atoms with Gasteiger partial charge < -0.3 is 5.32 Å². The molecule has 1 heterocycles. The third-order valence-corrected chi connectivity index (χ3v) is 2.61. The number of rotatable bonds is 6. The molecule has 0 aliphatic heterocycles. The van der Waals surface area contributed by atoms with Crippen LogP contribution < -0.4 is 5.32 Å². The molecule has 0 bridgehead atoms. The van der Waals surface area contributed by atoms with Gasteiger partial charge in [-0.05, 0) is 26.0 Å². The fraction of sp³-hybridized carbons (Fsp3) is 0.727. The van der Waals surface area contributed by atoms with Crippen LogP contribution in [0.25, 0.3) is 0 Å². The van der Waals surface area contributed by atoms with Gasteiger partial charge in [-0.2, -0.15) is 18.3 Å². The maximum absolute atomic E-state index is 12.2. The zero-order chi connectivity index (χ0) is 12.9. The Morgan fingerprint density at radius 3 is 2.71 bits per heavy atom. The second-order valence-corrected chi connectivity index (χ2v) is 3.97. The number of aromatic nitrogens is 2. The second kappa shape index (κ2) is 6.05. The van der Waals surface area contributed by atoms with Crippen molar-refractivity contribution in [1.29, 1.82) is 0 Å². The molecular weight excluding hydrogens is 231 g/mol. The molecule has 0 aliphatic rings. The molecule has 3 nitrogen and oxygen atoms in total. The molecule has 1 N–H and O–H groups in total. The van der Waals surface area contributed by atoms with Crippen LogP contribution in [0.4, 0.5) is 13.2 Å². The summed E-state index contributed by atoms with van der Waals surface area (Å²) in [5.41, 5.74) is 0.818. The van der Waals surface area contributed by atoms with E-state index in [0.29, 0.717) is 0 Å². The van der Waals surface area contributed by atoms with Crippen LogP contribution in [0.5, 0.6) is 0 Å². The van der Waals surface area contributed by atoms with Crippen molar-refractivity contribution >= 4 is 0 Å². The highest BCUT2D eigenvalue weighted by Crippen LogP contribution is 2.27. The van der Waals surface area contributed by atoms with Gasteiger partial charge in [0.05, 0.1) is 5.69 Å². The van der Waals surface area contributed by atoms with Gasteiger partial charge in [0, 0.05) is 25.2 Å². The fourth-order valence-corrected chi connectivity index (χ4v) is 1.79. The lowest BCUT2D eigenvalue weighted by Crippen LogP contribution is -2.22. The van der Waals surface area contributed by atoms with E-state index in [1.54, 1.807) is 24.0 Å². The van der Waals surface area contributed by atoms with Gasteiger partial charge in [-0.1, -0.05) is 6.92 Å². The maximum Gasteiger partial charge on any atom is 0.389 e. The molecule has 1 rings (SSSR count). The normalized spacial score (nSPS) is 13.9. The standard InChI is InChI=1S/C11H18F3N3/c1-3-8-17-10(5-7-16-17)9(15-2)4-6-11(12,13)14/h5,7,9,15H,3-4,6,8H2,1-2H3. The van der Waals surface area contributed by atoms with Crippen molar-refractivity contribution in [2.24, 2.45) is 0 Å². The average Bonchev–Trinajstić information content (AvgIpc) is 2.66. The van der Waals surface area contributed by atoms with Crippen LogP contribution in [-0.2, 0) is 6.54 Å². The Kier molecular flexibility index (Phi) is 4.99. The van der Waals surface area contributed by atoms with E-state index in [-0.39, 0.29) is 12.5 Å². The van der Waals surface area contributed by atoms with E-state index < -0.39 is 12.6 Å². The highest BCUT2D eigenvalue weighted by atomic mass is 19.4. The van der Waals surface area contributed by atoms with Crippen molar-refractivity contribution in [3.63, 3.8) is 0 Å². The Bertz CT molecular complexity index is 333. The van der Waals surface area contributed by atoms with Gasteiger partial charge in [0.25, 0.3) is 0 Å². The lowest BCUT2D eigenvalue weighted by atomic mass is 10.1. The van der Waals surface area contributed by atoms with Crippen LogP contribution >= 0.6 is 0 Å². The first-order chi connectivity index (χ1) is 7.98. The summed E-state index contributed by atoms with van der Waals surface area (Å²) in [6.07, 6.45) is -2.32. The van der Waals surface area contributed by atoms with Gasteiger partial charge in [-0.25, -0.2) is 0 Å². The lowest BCUT2D eigenvalue weighted by molar-refractivity contribution is -0.136. The smallest absolute Gasteiger partial charge is 0.312 e. The molecule has 17 heavy (non-hydrogen) atoms. The second-order valence-electron chi connectivity index (χ2n) is 3.97. The van der Waals surface area contributed by atoms with E-state index in [2.05, 4.69) is 10.4 Å². The van der Waals surface area contributed by atoms with E-state index in [1.807, 2.05) is 6.92 Å². The number of hydrogen-bond donors (Lipinski definition) is 1. The zero-order valence-electron chi connectivity index (χ0n) is 10.1. The van der Waals surface area contributed by atoms with E-state index in [0.717, 1.165) is 18.7 Å². The first kappa shape index (κ1) is 14.0. The van der Waals surface area contributed by atoms with Crippen molar-refractivity contribution in [2.75, 3.05) is 7.05 Å². The molecule has 98 valence electrons. The van der Waals surface area contributed by atoms with Crippen LogP contribution in [0.15, 0.2) is 12.3 Å². The summed E-state index contributed by atoms with van der Waals surface area (Å²) < 4.78 is 38.3. The van der Waals surface area contributed by atoms with Crippen LogP contribution in [0.1, 0.15) is 37.9 Å². The molecule has 1 aromatic rings. The van der Waals surface area contributed by atoms with E-state index >= 15 is 0 Å². The Hall–Kier alpha value is -1.04. The Balaban J connectivity index is 2.69. The van der Waals surface area contributed by atoms with Gasteiger partial charge in [-0.15, -0.1) is 0 Å². The topological polar surface area (TPSA) is 29.9 Å². The van der Waals surface area contributed by atoms with Crippen LogP contribution in [0, 0.1) is 0 Å². The van der Waals surface area contributed by atoms with Gasteiger partial charge in [0.1, 0.15) is 0 Å². The monoisotopic (exact) mass is 249 g/mol. The summed E-state index contributed by atoms with van der Waals surface area (Å²) >= 11 is 0. The number of aryl methyl sites for hydroxylation is 1. The molecule has 1 unspecified atom stereocenters. The summed E-state index contributed by atoms with van der Waals surface area (Å²) in [7, 11) is 1.67. The summed E-state index contributed by atoms with van der Waals surface area (Å²) in [5.74, 6) is 0. The molecule has 0 aromatic carbocycles. The molecular formula is C11H18F3N3. The molecule has 0 aliphatic carbocycles. The third kappa shape index (κ3) is 4.38. The van der Waals surface area contributed by atoms with Crippen LogP contribution in [0.3, 0.4) is 0 Å². The maximum atomic E-state index is 12.2. The van der Waals surface area contributed by atoms with E-state index in [4.69, 9.17) is 0 Å². The van der Waals surface area contributed by atoms with Gasteiger partial charge >= 0.3 is 6.18 Å². The molecule has 0 radical (unpaired) electrons. The number of hydrogen-bond acceptors (Lipinski definition) is 2. The van der Waals surface area contributed by atoms with Crippen LogP contribution in [0.2, 0.25) is 0 Å². The van der Waals surface area contributed by atoms with Crippen molar-refractivity contribution in [3.05, 3.63) is 18.0 Å². The molecule has 0 saturated carbocycles. The largest absolute Gasteiger partial charge is 0.389 e. The minimum Gasteiger partial charge on any atom is -0.312 e. The Labute approximate surface area is 99.0 Å². The number of halogens is 3. The summed E-state index contributed by atoms with van der Waals surface area (Å²) in [4.78, 5) is 0. The first-order valence-electron chi connectivity index (χ1n) is 5.73. The van der Waals surface area contributed by atoms with E-state index in [1.165, 1.54) is 0 Å². The zero-order valence-corrected chi connectivity index (χ0v) is 10.1. The van der Waals surface area contributed by atoms with Gasteiger partial charge in [-0.3, -0.25) is 4.68 Å². The minimum atomic E-state index is -4.11. The highest BCUT2D eigenvalue weighted by Gasteiger charge is 2.29. The van der Waals surface area contributed by atoms with Crippen molar-refractivity contribution in [1.82, 2.24) is 15.1 Å². The van der Waals surface area contributed by atoms with Crippen molar-refractivity contribution in [2.45, 2.75) is 44.9 Å². The molecule has 0 amide bonds. The first-order valence-corrected chi connectivity index (χ1v) is 5.73. The highest BCUT2D eigenvalue weighted by molar-refractivity contribution is 5.06. The predicted octanol–water partition coefficient (Wildman–Crippen LogP) is 2.90. The molecule has 1 aromatic heterocycles. The Morgan fingerprint density at radius 1 is 1.47 bits per heavy atom. The van der Waals surface area contributed by atoms with E-state index in [9.17, 15) is 13.2 Å². The number of nitrogens with one attached hydrogen (secondary N) is 1. The lowest BCUT2D eigenvalue weighted by Gasteiger charge is -2.18. The van der Waals surface area contributed by atoms with Crippen molar-refractivity contribution < 1.29 is 13.2 Å². The average molecular weight is 249 g/mol. The third-order valence-electron chi connectivity index (χ3n) is 2.61. The SMILES string of the molecule is CCCn1nccc1C(CCC(F)(F)F)NC. The quantitative estimate of drug-likeness (QED) is 0.840. The molecule has 6 heteroatoms. The molecule has 0 fully saturated rings. The summed E-state index contributed by atoms with van der Waals surface area (Å²) in [5, 5.41) is 7.03. The molecule has 0 saturated heterocycles. The summed E-state index contributed by atoms with van der Waals surface area (Å²) in [6, 6.07) is 1.47. The fourth-order valence-electron chi connectivity index (χ4n) is 1.79. The van der Waals surface area contributed by atoms with Gasteiger partial charge in [0.15, 0.2) is 0 Å². The Morgan fingerprint density at radius 2 is 2.18 bits per heavy atom. The summed E-state index contributed by atoms with van der Waals surface area (Å²) in [6.45, 7) is 2.74. The molecule has 1 atom stereocenters.